The van der Waals surface area contributed by atoms with Gasteiger partial charge in [-0.15, -0.1) is 0 Å². The van der Waals surface area contributed by atoms with Crippen molar-refractivity contribution in [1.29, 1.82) is 0 Å². The maximum atomic E-state index is 5.18. The van der Waals surface area contributed by atoms with E-state index in [1.54, 1.807) is 0 Å². The third-order valence-corrected chi connectivity index (χ3v) is 0. The van der Waals surface area contributed by atoms with Gasteiger partial charge in [-0.25, -0.2) is 0 Å². The molecule has 0 fully saturated rings. The van der Waals surface area contributed by atoms with Crippen LogP contribution in [-0.4, -0.2) is 6.66 Å². The van der Waals surface area contributed by atoms with E-state index in [0.717, 1.165) is 0 Å². The molecule has 0 N–H and O–H groups in total. The normalized spacial score (nSPS) is 11.2. The topological polar surface area (TPSA) is 0 Å². The molecule has 0 bridgehead atoms. The van der Waals surface area contributed by atoms with Crippen LogP contribution in [0.15, 0.2) is 0 Å². The average molecular weight is 119 g/mol. The molecule has 0 heterocycles. The Kier molecular flexibility index (Phi) is 2.83. The first kappa shape index (κ1) is 5.01. The fourth-order valence-electron chi connectivity index (χ4n) is 0. The van der Waals surface area contributed by atoms with Crippen LogP contribution in [0.5, 0.6) is 0 Å². The standard InChI is InChI=1S/CH5Cl2P/c1-4(2)3/h4H2,1H3. The summed E-state index contributed by atoms with van der Waals surface area (Å²) in [5.74, 6) is 0. The molecule has 28 valence electrons. The van der Waals surface area contributed by atoms with Crippen molar-refractivity contribution in [2.24, 2.45) is 0 Å². The van der Waals surface area contributed by atoms with Crippen molar-refractivity contribution in [3.8, 4) is 0 Å². The van der Waals surface area contributed by atoms with Crippen molar-refractivity contribution in [2.75, 3.05) is 6.66 Å². The molecule has 4 heavy (non-hydrogen) atoms. The fourth-order valence-corrected chi connectivity index (χ4v) is 0. The Labute approximate surface area is 36.4 Å². The van der Waals surface area contributed by atoms with Crippen molar-refractivity contribution in [3.05, 3.63) is 0 Å². The van der Waals surface area contributed by atoms with Gasteiger partial charge >= 0.3 is 35.8 Å². The predicted molar refractivity (Wildman–Crippen MR) is 27.3 cm³/mol. The van der Waals surface area contributed by atoms with Crippen molar-refractivity contribution in [3.63, 3.8) is 0 Å². The third-order valence-electron chi connectivity index (χ3n) is 0. The van der Waals surface area contributed by atoms with Crippen LogP contribution in [0.3, 0.4) is 0 Å². The van der Waals surface area contributed by atoms with Gasteiger partial charge in [0.25, 0.3) is 0 Å². The molecule has 0 spiro atoms. The molecule has 0 aromatic carbocycles. The number of hydrogen-bond donors (Lipinski definition) is 0. The summed E-state index contributed by atoms with van der Waals surface area (Å²) in [5, 5.41) is 0. The van der Waals surface area contributed by atoms with Crippen LogP contribution in [-0.2, 0) is 0 Å². The van der Waals surface area contributed by atoms with Gasteiger partial charge in [-0.2, -0.15) is 0 Å². The second kappa shape index (κ2) is 2.26. The van der Waals surface area contributed by atoms with E-state index in [1.807, 2.05) is 6.66 Å². The van der Waals surface area contributed by atoms with E-state index in [1.165, 1.54) is 0 Å². The Balaban J connectivity index is 2.32. The summed E-state index contributed by atoms with van der Waals surface area (Å²) in [6, 6.07) is 0. The van der Waals surface area contributed by atoms with E-state index in [9.17, 15) is 0 Å². The molecule has 3 heteroatoms. The van der Waals surface area contributed by atoms with Gasteiger partial charge in [-0.1, -0.05) is 0 Å². The van der Waals surface area contributed by atoms with Gasteiger partial charge < -0.3 is 0 Å². The van der Waals surface area contributed by atoms with Gasteiger partial charge in [0.2, 0.25) is 0 Å². The van der Waals surface area contributed by atoms with Gasteiger partial charge in [-0.3, -0.25) is 0 Å². The Morgan fingerprint density at radius 3 is 1.50 bits per heavy atom. The summed E-state index contributed by atoms with van der Waals surface area (Å²) in [7, 11) is 0. The van der Waals surface area contributed by atoms with E-state index in [-0.39, 0.29) is 0 Å². The second-order valence-electron chi connectivity index (χ2n) is 0.519. The van der Waals surface area contributed by atoms with Crippen molar-refractivity contribution in [2.45, 2.75) is 0 Å². The minimum atomic E-state index is -1.19. The monoisotopic (exact) mass is 118 g/mol. The second-order valence-corrected chi connectivity index (χ2v) is 6.15. The molecule has 0 radical (unpaired) electrons. The van der Waals surface area contributed by atoms with E-state index in [2.05, 4.69) is 0 Å². The first-order valence-electron chi connectivity index (χ1n) is 1.01. The summed E-state index contributed by atoms with van der Waals surface area (Å²) in [6.07, 6.45) is 0. The maximum absolute atomic E-state index is 5.18. The Morgan fingerprint density at radius 1 is 1.50 bits per heavy atom. The van der Waals surface area contributed by atoms with E-state index in [4.69, 9.17) is 22.5 Å². The van der Waals surface area contributed by atoms with Gasteiger partial charge in [-0.05, 0) is 0 Å². The molecular weight excluding hydrogens is 114 g/mol. The molecule has 0 saturated carbocycles. The van der Waals surface area contributed by atoms with Gasteiger partial charge in [0.05, 0.1) is 0 Å². The summed E-state index contributed by atoms with van der Waals surface area (Å²) in [6.45, 7) is 0.642. The number of rotatable bonds is 0. The number of hydrogen-bond acceptors (Lipinski definition) is 0. The fraction of sp³-hybridized carbons (Fsp3) is 1.00. The Morgan fingerprint density at radius 2 is 1.50 bits per heavy atom. The molecule has 0 atom stereocenters. The van der Waals surface area contributed by atoms with Gasteiger partial charge in [0.1, 0.15) is 0 Å². The Hall–Kier alpha value is 1.01. The van der Waals surface area contributed by atoms with Crippen molar-refractivity contribution >= 4 is 29.1 Å². The first-order chi connectivity index (χ1) is 1.73. The molecule has 0 aliphatic rings. The molecule has 0 rings (SSSR count). The zero-order valence-corrected chi connectivity index (χ0v) is 5.00. The average Bonchev–Trinajstić information content (AvgIpc) is 0.811. The predicted octanol–water partition coefficient (Wildman–Crippen LogP) is 1.87. The van der Waals surface area contributed by atoms with Gasteiger partial charge in [0, 0.05) is 0 Å². The molecule has 0 aliphatic carbocycles. The SMILES string of the molecule is C[PH2](Cl)Cl. The van der Waals surface area contributed by atoms with Gasteiger partial charge in [0.15, 0.2) is 0 Å². The minimum absolute atomic E-state index is 1.19. The Bertz CT molecular complexity index is 10.8. The summed E-state index contributed by atoms with van der Waals surface area (Å²) in [4.78, 5) is 0. The van der Waals surface area contributed by atoms with Crippen molar-refractivity contribution in [1.82, 2.24) is 0 Å². The summed E-state index contributed by atoms with van der Waals surface area (Å²) in [5.41, 5.74) is 0. The van der Waals surface area contributed by atoms with E-state index >= 15 is 0 Å². The zero-order chi connectivity index (χ0) is 3.58. The summed E-state index contributed by atoms with van der Waals surface area (Å²) >= 11 is 10.4. The van der Waals surface area contributed by atoms with Crippen molar-refractivity contribution < 1.29 is 0 Å². The molecule has 0 saturated heterocycles. The van der Waals surface area contributed by atoms with E-state index in [0.29, 0.717) is 0 Å². The quantitative estimate of drug-likeness (QED) is 0.427. The molecule has 0 aromatic heterocycles. The van der Waals surface area contributed by atoms with Crippen LogP contribution in [0.25, 0.3) is 0 Å². The number of halogens is 2. The van der Waals surface area contributed by atoms with Crippen LogP contribution in [0.2, 0.25) is 0 Å². The zero-order valence-electron chi connectivity index (χ0n) is 2.33. The van der Waals surface area contributed by atoms with Crippen LogP contribution in [0.4, 0.5) is 0 Å². The first-order valence-corrected chi connectivity index (χ1v) is 5.66. The molecule has 0 amide bonds. The molecular formula is CH5Cl2P. The molecule has 0 nitrogen and oxygen atoms in total. The van der Waals surface area contributed by atoms with E-state index < -0.39 is 6.63 Å². The third kappa shape index (κ3) is 11.9. The molecule has 0 aromatic rings. The van der Waals surface area contributed by atoms with Crippen LogP contribution >= 0.6 is 29.1 Å². The molecule has 0 unspecified atom stereocenters. The van der Waals surface area contributed by atoms with Crippen LogP contribution in [0.1, 0.15) is 0 Å². The summed E-state index contributed by atoms with van der Waals surface area (Å²) < 4.78 is 0. The molecule has 0 aliphatic heterocycles. The van der Waals surface area contributed by atoms with Crippen LogP contribution < -0.4 is 0 Å². The van der Waals surface area contributed by atoms with Crippen LogP contribution in [0, 0.1) is 0 Å².